The minimum absolute atomic E-state index is 0.0987. The molecule has 11 heteroatoms. The number of esters is 1. The van der Waals surface area contributed by atoms with E-state index in [1.54, 1.807) is 33.1 Å². The summed E-state index contributed by atoms with van der Waals surface area (Å²) >= 11 is 0. The number of allylic oxidation sites excluding steroid dienone is 1. The van der Waals surface area contributed by atoms with E-state index in [9.17, 15) is 14.4 Å². The van der Waals surface area contributed by atoms with Crippen molar-refractivity contribution in [2.75, 3.05) is 34.4 Å². The van der Waals surface area contributed by atoms with E-state index < -0.39 is 29.4 Å². The molecule has 0 spiro atoms. The zero-order valence-corrected chi connectivity index (χ0v) is 28.3. The van der Waals surface area contributed by atoms with Gasteiger partial charge in [0.1, 0.15) is 23.1 Å². The van der Waals surface area contributed by atoms with Crippen LogP contribution >= 0.6 is 0 Å². The largest absolute Gasteiger partial charge is 0.497 e. The van der Waals surface area contributed by atoms with Crippen LogP contribution in [0.3, 0.4) is 0 Å². The second kappa shape index (κ2) is 13.8. The van der Waals surface area contributed by atoms with Gasteiger partial charge in [-0.2, -0.15) is 4.98 Å². The molecule has 5 atom stereocenters. The van der Waals surface area contributed by atoms with E-state index >= 15 is 0 Å². The molecule has 11 nitrogen and oxygen atoms in total. The van der Waals surface area contributed by atoms with Gasteiger partial charge in [0.15, 0.2) is 5.82 Å². The van der Waals surface area contributed by atoms with Crippen molar-refractivity contribution in [1.82, 2.24) is 20.2 Å². The number of carbonyl (C=O) groups is 3. The number of fused-ring (bicyclic) bond motifs is 3. The maximum atomic E-state index is 14.1. The summed E-state index contributed by atoms with van der Waals surface area (Å²) in [7, 11) is 5.02. The Morgan fingerprint density at radius 1 is 1.02 bits per heavy atom. The van der Waals surface area contributed by atoms with E-state index in [0.717, 1.165) is 30.4 Å². The predicted octanol–water partition coefficient (Wildman–Crippen LogP) is 5.03. The number of nitrogens with one attached hydrogen (secondary N) is 1. The van der Waals surface area contributed by atoms with Crippen molar-refractivity contribution in [1.29, 1.82) is 0 Å². The van der Waals surface area contributed by atoms with Gasteiger partial charge in [0.25, 0.3) is 0 Å². The van der Waals surface area contributed by atoms with Gasteiger partial charge in [0.05, 0.1) is 43.6 Å². The molecule has 2 aromatic carbocycles. The Morgan fingerprint density at radius 2 is 1.79 bits per heavy atom. The number of hydrogen-bond acceptors (Lipinski definition) is 9. The first-order chi connectivity index (χ1) is 23.2. The number of benzene rings is 2. The Bertz CT molecular complexity index is 1720. The number of methoxy groups -OCH3 is 2. The highest BCUT2D eigenvalue weighted by molar-refractivity contribution is 5.95. The number of hydrogen-bond donors (Lipinski definition) is 1. The fraction of sp³-hybridized carbons (Fsp3) is 0.486. The molecule has 6 rings (SSSR count). The standard InChI is InChI=1S/C37H44N4O7/c1-6-47-36(44)37-21-24(37)11-9-7-8-10-18-41(3)35(43)29-20-26(19-28(29)33(42)40-37)48-34-27-16-17-30(46-5)22(2)31(27)38-32(39-34)23-12-14-25(45-4)15-13-23/h9,11-17,24,26,28-29H,6-8,10,18-21H2,1-5H3,(H,40,42)/b11-9-/t24-,26+,28+,29+,37+/m0/s1. The number of aromatic nitrogens is 2. The van der Waals surface area contributed by atoms with E-state index in [2.05, 4.69) is 11.4 Å². The summed E-state index contributed by atoms with van der Waals surface area (Å²) in [6.07, 6.45) is 7.28. The highest BCUT2D eigenvalue weighted by Crippen LogP contribution is 2.47. The first-order valence-electron chi connectivity index (χ1n) is 16.8. The molecule has 1 aliphatic heterocycles. The minimum atomic E-state index is -1.11. The van der Waals surface area contributed by atoms with Crippen LogP contribution in [0.5, 0.6) is 17.4 Å². The van der Waals surface area contributed by atoms with E-state index in [4.69, 9.17) is 28.9 Å². The van der Waals surface area contributed by atoms with Crippen LogP contribution in [0.2, 0.25) is 0 Å². The second-order valence-electron chi connectivity index (χ2n) is 13.0. The monoisotopic (exact) mass is 656 g/mol. The highest BCUT2D eigenvalue weighted by Gasteiger charge is 2.62. The Morgan fingerprint density at radius 3 is 2.52 bits per heavy atom. The van der Waals surface area contributed by atoms with Gasteiger partial charge >= 0.3 is 5.97 Å². The molecule has 2 aliphatic carbocycles. The van der Waals surface area contributed by atoms with Crippen molar-refractivity contribution in [3.05, 3.63) is 54.1 Å². The Balaban J connectivity index is 1.34. The topological polar surface area (TPSA) is 129 Å². The van der Waals surface area contributed by atoms with Crippen molar-refractivity contribution in [2.45, 2.75) is 64.0 Å². The van der Waals surface area contributed by atoms with Crippen LogP contribution in [-0.2, 0) is 19.1 Å². The quantitative estimate of drug-likeness (QED) is 0.275. The lowest BCUT2D eigenvalue weighted by Gasteiger charge is -2.26. The van der Waals surface area contributed by atoms with Gasteiger partial charge in [-0.1, -0.05) is 12.2 Å². The van der Waals surface area contributed by atoms with E-state index in [-0.39, 0.29) is 30.8 Å². The van der Waals surface area contributed by atoms with Crippen molar-refractivity contribution in [3.8, 4) is 28.8 Å². The normalized spacial score (nSPS) is 26.5. The summed E-state index contributed by atoms with van der Waals surface area (Å²) < 4.78 is 23.0. The third-order valence-corrected chi connectivity index (χ3v) is 9.92. The molecule has 3 aliphatic rings. The number of nitrogens with zero attached hydrogens (tertiary/aromatic N) is 3. The predicted molar refractivity (Wildman–Crippen MR) is 180 cm³/mol. The zero-order valence-electron chi connectivity index (χ0n) is 28.3. The smallest absolute Gasteiger partial charge is 0.332 e. The highest BCUT2D eigenvalue weighted by atomic mass is 16.5. The van der Waals surface area contributed by atoms with Gasteiger partial charge in [-0.15, -0.1) is 0 Å². The maximum Gasteiger partial charge on any atom is 0.332 e. The van der Waals surface area contributed by atoms with Gasteiger partial charge < -0.3 is 29.2 Å². The van der Waals surface area contributed by atoms with Crippen LogP contribution in [0.15, 0.2) is 48.6 Å². The Labute approximate surface area is 281 Å². The molecular formula is C37H44N4O7. The molecule has 2 saturated carbocycles. The Hall–Kier alpha value is -4.67. The van der Waals surface area contributed by atoms with Crippen LogP contribution in [-0.4, -0.2) is 78.7 Å². The molecular weight excluding hydrogens is 612 g/mol. The average molecular weight is 657 g/mol. The lowest BCUT2D eigenvalue weighted by atomic mass is 9.93. The molecule has 48 heavy (non-hydrogen) atoms. The van der Waals surface area contributed by atoms with Gasteiger partial charge in [-0.25, -0.2) is 9.78 Å². The van der Waals surface area contributed by atoms with Crippen molar-refractivity contribution < 1.29 is 33.3 Å². The third-order valence-electron chi connectivity index (χ3n) is 9.92. The van der Waals surface area contributed by atoms with Gasteiger partial charge in [-0.3, -0.25) is 9.59 Å². The molecule has 254 valence electrons. The average Bonchev–Trinajstić information content (AvgIpc) is 3.62. The van der Waals surface area contributed by atoms with E-state index in [0.29, 0.717) is 53.5 Å². The van der Waals surface area contributed by atoms with Gasteiger partial charge in [0, 0.05) is 30.6 Å². The maximum absolute atomic E-state index is 14.1. The van der Waals surface area contributed by atoms with Crippen LogP contribution < -0.4 is 19.5 Å². The number of aryl methyl sites for hydroxylation is 1. The second-order valence-corrected chi connectivity index (χ2v) is 13.0. The summed E-state index contributed by atoms with van der Waals surface area (Å²) in [6, 6.07) is 11.2. The van der Waals surface area contributed by atoms with Crippen LogP contribution in [0.25, 0.3) is 22.3 Å². The number of rotatable bonds is 7. The summed E-state index contributed by atoms with van der Waals surface area (Å²) in [5.41, 5.74) is 1.18. The fourth-order valence-electron chi connectivity index (χ4n) is 7.06. The molecule has 0 bridgehead atoms. The van der Waals surface area contributed by atoms with Crippen molar-refractivity contribution in [2.24, 2.45) is 17.8 Å². The van der Waals surface area contributed by atoms with Crippen LogP contribution in [0.1, 0.15) is 51.0 Å². The Kier molecular flexibility index (Phi) is 9.57. The molecule has 1 aromatic heterocycles. The molecule has 3 aromatic rings. The number of carbonyl (C=O) groups excluding carboxylic acids is 3. The summed E-state index contributed by atoms with van der Waals surface area (Å²) in [5, 5.41) is 3.75. The number of ether oxygens (including phenoxy) is 4. The van der Waals surface area contributed by atoms with Crippen LogP contribution in [0.4, 0.5) is 0 Å². The SMILES string of the molecule is CCOC(=O)[C@@]12C[C@@H]1/C=C\CCCCN(C)C(=O)[C@@H]1C[C@H](Oc3nc(-c4ccc(OC)cc4)nc4c(C)c(OC)ccc34)C[C@H]1C(=O)N2. The minimum Gasteiger partial charge on any atom is -0.497 e. The molecule has 1 N–H and O–H groups in total. The lowest BCUT2D eigenvalue weighted by Crippen LogP contribution is -2.50. The van der Waals surface area contributed by atoms with Crippen molar-refractivity contribution >= 4 is 28.7 Å². The third kappa shape index (κ3) is 6.42. The zero-order chi connectivity index (χ0) is 34.0. The van der Waals surface area contributed by atoms with Gasteiger partial charge in [0.2, 0.25) is 17.7 Å². The molecule has 2 fully saturated rings. The first kappa shape index (κ1) is 33.2. The van der Waals surface area contributed by atoms with Gasteiger partial charge in [-0.05, 0) is 88.8 Å². The fourth-order valence-corrected chi connectivity index (χ4v) is 7.06. The van der Waals surface area contributed by atoms with E-state index in [1.165, 1.54) is 0 Å². The molecule has 0 radical (unpaired) electrons. The number of amides is 2. The van der Waals surface area contributed by atoms with Crippen molar-refractivity contribution in [3.63, 3.8) is 0 Å². The lowest BCUT2D eigenvalue weighted by molar-refractivity contribution is -0.150. The molecule has 2 amide bonds. The molecule has 0 saturated heterocycles. The summed E-state index contributed by atoms with van der Waals surface area (Å²) in [6.45, 7) is 4.51. The van der Waals surface area contributed by atoms with E-state index in [1.807, 2.05) is 49.4 Å². The first-order valence-corrected chi connectivity index (χ1v) is 16.8. The summed E-state index contributed by atoms with van der Waals surface area (Å²) in [5.74, 6) is -0.0931. The molecule has 2 heterocycles. The molecule has 0 unspecified atom stereocenters. The van der Waals surface area contributed by atoms with Crippen LogP contribution in [0, 0.1) is 24.7 Å². The summed E-state index contributed by atoms with van der Waals surface area (Å²) in [4.78, 5) is 52.6.